The molecule has 39 heavy (non-hydrogen) atoms. The lowest BCUT2D eigenvalue weighted by Crippen LogP contribution is -2.15. The Balaban J connectivity index is 1.35. The first kappa shape index (κ1) is 26.8. The molecular formula is C31H29ClFNO5. The SMILES string of the molecule is Cc1cc(CNO)c(OCc2ccc(F)c(Cl)c2)cc1OCc1cccc(-c2ccc3c(c2)OCCO3)c1C. The Kier molecular flexibility index (Phi) is 8.21. The second kappa shape index (κ2) is 11.9. The van der Waals surface area contributed by atoms with Gasteiger partial charge in [0.25, 0.3) is 0 Å². The van der Waals surface area contributed by atoms with Crippen LogP contribution in [0.1, 0.15) is 27.8 Å². The molecule has 202 valence electrons. The Labute approximate surface area is 231 Å². The average Bonchev–Trinajstić information content (AvgIpc) is 2.94. The predicted octanol–water partition coefficient (Wildman–Crippen LogP) is 7.17. The van der Waals surface area contributed by atoms with Gasteiger partial charge in [0.15, 0.2) is 11.5 Å². The maximum absolute atomic E-state index is 13.5. The lowest BCUT2D eigenvalue weighted by Gasteiger charge is -2.20. The summed E-state index contributed by atoms with van der Waals surface area (Å²) in [6, 6.07) is 20.3. The molecule has 0 aromatic heterocycles. The lowest BCUT2D eigenvalue weighted by molar-refractivity contribution is 0.159. The highest BCUT2D eigenvalue weighted by molar-refractivity contribution is 6.30. The minimum atomic E-state index is -0.482. The Morgan fingerprint density at radius 1 is 0.872 bits per heavy atom. The topological polar surface area (TPSA) is 69.2 Å². The van der Waals surface area contributed by atoms with Gasteiger partial charge in [-0.15, -0.1) is 0 Å². The van der Waals surface area contributed by atoms with Crippen molar-refractivity contribution in [2.75, 3.05) is 13.2 Å². The summed E-state index contributed by atoms with van der Waals surface area (Å²) in [5.41, 5.74) is 8.86. The van der Waals surface area contributed by atoms with E-state index in [1.165, 1.54) is 12.1 Å². The van der Waals surface area contributed by atoms with Crippen LogP contribution in [0.4, 0.5) is 4.39 Å². The van der Waals surface area contributed by atoms with Crippen molar-refractivity contribution in [2.45, 2.75) is 33.6 Å². The van der Waals surface area contributed by atoms with Crippen molar-refractivity contribution in [1.82, 2.24) is 5.48 Å². The molecule has 0 fully saturated rings. The van der Waals surface area contributed by atoms with Crippen molar-refractivity contribution in [1.29, 1.82) is 0 Å². The van der Waals surface area contributed by atoms with Crippen molar-refractivity contribution < 1.29 is 28.5 Å². The summed E-state index contributed by atoms with van der Waals surface area (Å²) in [6.07, 6.45) is 0. The zero-order valence-electron chi connectivity index (χ0n) is 21.7. The number of rotatable bonds is 9. The fourth-order valence-electron chi connectivity index (χ4n) is 4.55. The number of halogens is 2. The molecule has 0 bridgehead atoms. The highest BCUT2D eigenvalue weighted by Crippen LogP contribution is 2.37. The van der Waals surface area contributed by atoms with Gasteiger partial charge in [-0.05, 0) is 77.6 Å². The van der Waals surface area contributed by atoms with E-state index in [0.29, 0.717) is 31.3 Å². The quantitative estimate of drug-likeness (QED) is 0.216. The molecule has 6 nitrogen and oxygen atoms in total. The number of ether oxygens (including phenoxy) is 4. The molecule has 0 radical (unpaired) electrons. The average molecular weight is 550 g/mol. The van der Waals surface area contributed by atoms with Gasteiger partial charge in [-0.3, -0.25) is 0 Å². The summed E-state index contributed by atoms with van der Waals surface area (Å²) in [5, 5.41) is 9.35. The van der Waals surface area contributed by atoms with Gasteiger partial charge in [0, 0.05) is 18.2 Å². The molecule has 2 N–H and O–H groups in total. The molecule has 5 rings (SSSR count). The van der Waals surface area contributed by atoms with Gasteiger partial charge >= 0.3 is 0 Å². The molecule has 4 aromatic rings. The van der Waals surface area contributed by atoms with E-state index in [0.717, 1.165) is 50.4 Å². The number of hydroxylamine groups is 1. The maximum Gasteiger partial charge on any atom is 0.161 e. The number of aryl methyl sites for hydroxylation is 1. The molecule has 0 saturated carbocycles. The summed E-state index contributed by atoms with van der Waals surface area (Å²) < 4.78 is 37.3. The number of fused-ring (bicyclic) bond motifs is 1. The van der Waals surface area contributed by atoms with Crippen molar-refractivity contribution in [2.24, 2.45) is 0 Å². The number of hydrogen-bond donors (Lipinski definition) is 2. The summed E-state index contributed by atoms with van der Waals surface area (Å²) in [7, 11) is 0. The predicted molar refractivity (Wildman–Crippen MR) is 147 cm³/mol. The third kappa shape index (κ3) is 6.11. The molecule has 8 heteroatoms. The number of nitrogens with one attached hydrogen (secondary N) is 1. The normalized spacial score (nSPS) is 12.3. The van der Waals surface area contributed by atoms with Crippen LogP contribution in [0, 0.1) is 19.7 Å². The van der Waals surface area contributed by atoms with Crippen LogP contribution in [-0.2, 0) is 19.8 Å². The second-order valence-electron chi connectivity index (χ2n) is 9.33. The first-order chi connectivity index (χ1) is 18.9. The highest BCUT2D eigenvalue weighted by atomic mass is 35.5. The zero-order valence-corrected chi connectivity index (χ0v) is 22.5. The molecule has 1 aliphatic heterocycles. The van der Waals surface area contributed by atoms with Crippen molar-refractivity contribution in [3.8, 4) is 34.1 Å². The van der Waals surface area contributed by atoms with Crippen LogP contribution in [0.2, 0.25) is 5.02 Å². The van der Waals surface area contributed by atoms with Gasteiger partial charge in [-0.25, -0.2) is 9.87 Å². The van der Waals surface area contributed by atoms with Crippen LogP contribution in [0.15, 0.2) is 66.7 Å². The zero-order chi connectivity index (χ0) is 27.4. The number of benzene rings is 4. The summed E-state index contributed by atoms with van der Waals surface area (Å²) in [6.45, 7) is 5.85. The number of hydrogen-bond acceptors (Lipinski definition) is 6. The molecule has 0 aliphatic carbocycles. The van der Waals surface area contributed by atoms with Crippen LogP contribution in [0.5, 0.6) is 23.0 Å². The van der Waals surface area contributed by atoms with E-state index in [9.17, 15) is 9.60 Å². The van der Waals surface area contributed by atoms with Crippen LogP contribution in [0.3, 0.4) is 0 Å². The van der Waals surface area contributed by atoms with Gasteiger partial charge in [-0.2, -0.15) is 0 Å². The van der Waals surface area contributed by atoms with Gasteiger partial charge in [-0.1, -0.05) is 41.9 Å². The Morgan fingerprint density at radius 2 is 1.67 bits per heavy atom. The van der Waals surface area contributed by atoms with E-state index in [1.54, 1.807) is 6.07 Å². The Bertz CT molecular complexity index is 1490. The van der Waals surface area contributed by atoms with Crippen molar-refractivity contribution >= 4 is 11.6 Å². The monoisotopic (exact) mass is 549 g/mol. The smallest absolute Gasteiger partial charge is 0.161 e. The first-order valence-corrected chi connectivity index (χ1v) is 13.0. The van der Waals surface area contributed by atoms with Crippen LogP contribution in [0.25, 0.3) is 11.1 Å². The first-order valence-electron chi connectivity index (χ1n) is 12.6. The highest BCUT2D eigenvalue weighted by Gasteiger charge is 2.15. The molecule has 0 spiro atoms. The van der Waals surface area contributed by atoms with E-state index in [2.05, 4.69) is 18.5 Å². The lowest BCUT2D eigenvalue weighted by atomic mass is 9.96. The van der Waals surface area contributed by atoms with Crippen molar-refractivity contribution in [3.63, 3.8) is 0 Å². The van der Waals surface area contributed by atoms with E-state index in [-0.39, 0.29) is 18.2 Å². The standard InChI is InChI=1S/C31H29ClFNO5/c1-19-12-24(16-34-35)30(38-17-21-6-8-27(33)26(32)13-21)15-29(19)39-18-23-4-3-5-25(20(23)2)22-7-9-28-31(14-22)37-11-10-36-28/h3-9,12-15,34-35H,10-11,16-18H2,1-2H3. The molecule has 0 atom stereocenters. The van der Waals surface area contributed by atoms with Gasteiger partial charge in [0.1, 0.15) is 43.7 Å². The van der Waals surface area contributed by atoms with Gasteiger partial charge in [0.05, 0.1) is 5.02 Å². The van der Waals surface area contributed by atoms with Crippen molar-refractivity contribution in [3.05, 3.63) is 105 Å². The molecule has 4 aromatic carbocycles. The molecule has 1 heterocycles. The molecular weight excluding hydrogens is 521 g/mol. The van der Waals surface area contributed by atoms with Gasteiger partial charge < -0.3 is 24.2 Å². The fourth-order valence-corrected chi connectivity index (χ4v) is 4.75. The second-order valence-corrected chi connectivity index (χ2v) is 9.74. The van der Waals surface area contributed by atoms with E-state index in [4.69, 9.17) is 30.5 Å². The van der Waals surface area contributed by atoms with E-state index >= 15 is 0 Å². The van der Waals surface area contributed by atoms with E-state index < -0.39 is 5.82 Å². The summed E-state index contributed by atoms with van der Waals surface area (Å²) in [4.78, 5) is 0. The van der Waals surface area contributed by atoms with Crippen LogP contribution < -0.4 is 24.4 Å². The minimum Gasteiger partial charge on any atom is -0.488 e. The molecule has 0 amide bonds. The van der Waals surface area contributed by atoms with Crippen LogP contribution >= 0.6 is 11.6 Å². The third-order valence-corrected chi connectivity index (χ3v) is 6.98. The molecule has 1 aliphatic rings. The largest absolute Gasteiger partial charge is 0.488 e. The maximum atomic E-state index is 13.5. The Hall–Kier alpha value is -3.78. The third-order valence-electron chi connectivity index (χ3n) is 6.69. The fraction of sp³-hybridized carbons (Fsp3) is 0.226. The van der Waals surface area contributed by atoms with Crippen LogP contribution in [-0.4, -0.2) is 18.4 Å². The summed E-state index contributed by atoms with van der Waals surface area (Å²) >= 11 is 5.91. The Morgan fingerprint density at radius 3 is 2.46 bits per heavy atom. The molecule has 0 unspecified atom stereocenters. The van der Waals surface area contributed by atoms with E-state index in [1.807, 2.05) is 49.4 Å². The minimum absolute atomic E-state index is 0.0372. The molecule has 0 saturated heterocycles. The summed E-state index contributed by atoms with van der Waals surface area (Å²) in [5.74, 6) is 2.23. The van der Waals surface area contributed by atoms with Gasteiger partial charge in [0.2, 0.25) is 0 Å².